The molecule has 0 N–H and O–H groups in total. The molecular formula is C19H16FNO5. The minimum absolute atomic E-state index is 0.0567. The number of esters is 1. The molecule has 0 aliphatic rings. The lowest BCUT2D eigenvalue weighted by Crippen LogP contribution is -2.15. The molecule has 3 rings (SSSR count). The summed E-state index contributed by atoms with van der Waals surface area (Å²) in [4.78, 5) is 11.8. The van der Waals surface area contributed by atoms with Gasteiger partial charge in [0.05, 0.1) is 7.11 Å². The second kappa shape index (κ2) is 8.15. The Balaban J connectivity index is 1.51. The summed E-state index contributed by atoms with van der Waals surface area (Å²) in [5, 5.41) is 3.83. The van der Waals surface area contributed by atoms with Crippen molar-refractivity contribution in [3.63, 3.8) is 0 Å². The number of carbonyl (C=O) groups excluding carboxylic acids is 1. The number of nitrogens with zero attached hydrogens (tertiary/aromatic N) is 1. The van der Waals surface area contributed by atoms with Crippen molar-refractivity contribution in [3.05, 3.63) is 66.1 Å². The fourth-order valence-corrected chi connectivity index (χ4v) is 2.20. The molecule has 26 heavy (non-hydrogen) atoms. The number of aromatic nitrogens is 1. The molecule has 0 fully saturated rings. The van der Waals surface area contributed by atoms with E-state index in [0.29, 0.717) is 28.5 Å². The Kier molecular flexibility index (Phi) is 5.48. The van der Waals surface area contributed by atoms with Gasteiger partial charge in [-0.3, -0.25) is 0 Å². The van der Waals surface area contributed by atoms with E-state index in [-0.39, 0.29) is 19.0 Å². The van der Waals surface area contributed by atoms with E-state index in [2.05, 4.69) is 5.16 Å². The maximum atomic E-state index is 12.9. The van der Waals surface area contributed by atoms with Crippen LogP contribution in [-0.2, 0) is 16.1 Å². The Hall–Kier alpha value is -3.35. The van der Waals surface area contributed by atoms with Crippen LogP contribution >= 0.6 is 0 Å². The summed E-state index contributed by atoms with van der Waals surface area (Å²) in [6, 6.07) is 14.4. The number of ether oxygens (including phenoxy) is 3. The third-order valence-electron chi connectivity index (χ3n) is 3.48. The number of para-hydroxylation sites is 2. The standard InChI is InChI=1S/C19H16FNO5/c1-23-16-4-2-3-5-17(16)24-12-19(22)25-11-15-10-18(26-21-15)13-6-8-14(20)9-7-13/h2-10H,11-12H2,1H3. The average Bonchev–Trinajstić information content (AvgIpc) is 3.14. The summed E-state index contributed by atoms with van der Waals surface area (Å²) < 4.78 is 33.7. The van der Waals surface area contributed by atoms with Crippen LogP contribution in [0, 0.1) is 5.82 Å². The van der Waals surface area contributed by atoms with Crippen molar-refractivity contribution < 1.29 is 27.9 Å². The molecule has 1 heterocycles. The van der Waals surface area contributed by atoms with Gasteiger partial charge in [0.15, 0.2) is 23.9 Å². The van der Waals surface area contributed by atoms with E-state index in [1.807, 2.05) is 0 Å². The highest BCUT2D eigenvalue weighted by Gasteiger charge is 2.11. The van der Waals surface area contributed by atoms with Crippen LogP contribution in [0.3, 0.4) is 0 Å². The first-order valence-corrected chi connectivity index (χ1v) is 7.78. The molecule has 0 bridgehead atoms. The van der Waals surface area contributed by atoms with Gasteiger partial charge in [0.25, 0.3) is 0 Å². The maximum absolute atomic E-state index is 12.9. The lowest BCUT2D eigenvalue weighted by Gasteiger charge is -2.09. The number of carbonyl (C=O) groups is 1. The maximum Gasteiger partial charge on any atom is 0.344 e. The lowest BCUT2D eigenvalue weighted by atomic mass is 10.1. The molecule has 0 aliphatic carbocycles. The molecule has 134 valence electrons. The van der Waals surface area contributed by atoms with E-state index in [0.717, 1.165) is 0 Å². The molecule has 0 unspecified atom stereocenters. The first-order valence-electron chi connectivity index (χ1n) is 7.78. The summed E-state index contributed by atoms with van der Waals surface area (Å²) in [5.74, 6) is 0.550. The number of hydrogen-bond acceptors (Lipinski definition) is 6. The van der Waals surface area contributed by atoms with Gasteiger partial charge in [0.2, 0.25) is 0 Å². The molecule has 1 aromatic heterocycles. The van der Waals surface area contributed by atoms with Gasteiger partial charge in [-0.1, -0.05) is 17.3 Å². The minimum Gasteiger partial charge on any atom is -0.493 e. The molecule has 0 aliphatic heterocycles. The molecule has 6 nitrogen and oxygen atoms in total. The van der Waals surface area contributed by atoms with Crippen LogP contribution in [0.15, 0.2) is 59.1 Å². The molecule has 7 heteroatoms. The van der Waals surface area contributed by atoms with E-state index in [4.69, 9.17) is 18.7 Å². The van der Waals surface area contributed by atoms with Gasteiger partial charge in [0.1, 0.15) is 18.1 Å². The fourth-order valence-electron chi connectivity index (χ4n) is 2.20. The van der Waals surface area contributed by atoms with Crippen molar-refractivity contribution in [3.8, 4) is 22.8 Å². The zero-order valence-electron chi connectivity index (χ0n) is 14.0. The van der Waals surface area contributed by atoms with Gasteiger partial charge in [-0.2, -0.15) is 0 Å². The second-order valence-electron chi connectivity index (χ2n) is 5.29. The van der Waals surface area contributed by atoms with Crippen molar-refractivity contribution in [2.24, 2.45) is 0 Å². The zero-order chi connectivity index (χ0) is 18.4. The van der Waals surface area contributed by atoms with Crippen LogP contribution in [0.25, 0.3) is 11.3 Å². The third kappa shape index (κ3) is 4.38. The quantitative estimate of drug-likeness (QED) is 0.602. The lowest BCUT2D eigenvalue weighted by molar-refractivity contribution is -0.147. The van der Waals surface area contributed by atoms with Gasteiger partial charge in [-0.15, -0.1) is 0 Å². The first-order chi connectivity index (χ1) is 12.7. The van der Waals surface area contributed by atoms with Gasteiger partial charge >= 0.3 is 5.97 Å². The van der Waals surface area contributed by atoms with Crippen molar-refractivity contribution in [1.29, 1.82) is 0 Å². The van der Waals surface area contributed by atoms with Crippen molar-refractivity contribution in [1.82, 2.24) is 5.16 Å². The highest BCUT2D eigenvalue weighted by atomic mass is 19.1. The highest BCUT2D eigenvalue weighted by Crippen LogP contribution is 2.25. The largest absolute Gasteiger partial charge is 0.493 e. The summed E-state index contributed by atoms with van der Waals surface area (Å²) in [6.45, 7) is -0.318. The van der Waals surface area contributed by atoms with E-state index < -0.39 is 5.97 Å². The summed E-state index contributed by atoms with van der Waals surface area (Å²) in [5.41, 5.74) is 1.12. The van der Waals surface area contributed by atoms with Crippen LogP contribution in [0.2, 0.25) is 0 Å². The number of halogens is 1. The number of rotatable bonds is 7. The van der Waals surface area contributed by atoms with E-state index in [9.17, 15) is 9.18 Å². The topological polar surface area (TPSA) is 70.8 Å². The SMILES string of the molecule is COc1ccccc1OCC(=O)OCc1cc(-c2ccc(F)cc2)on1. The summed E-state index contributed by atoms with van der Waals surface area (Å²) in [6.07, 6.45) is 0. The summed E-state index contributed by atoms with van der Waals surface area (Å²) in [7, 11) is 1.52. The predicted octanol–water partition coefficient (Wildman–Crippen LogP) is 3.61. The molecule has 0 amide bonds. The molecule has 0 saturated heterocycles. The Morgan fingerprint density at radius 2 is 1.85 bits per heavy atom. The first kappa shape index (κ1) is 17.5. The molecule has 0 saturated carbocycles. The number of hydrogen-bond donors (Lipinski definition) is 0. The van der Waals surface area contributed by atoms with Crippen molar-refractivity contribution in [2.75, 3.05) is 13.7 Å². The fraction of sp³-hybridized carbons (Fsp3) is 0.158. The van der Waals surface area contributed by atoms with Crippen LogP contribution in [-0.4, -0.2) is 24.8 Å². The molecule has 0 spiro atoms. The van der Waals surface area contributed by atoms with E-state index in [1.54, 1.807) is 42.5 Å². The van der Waals surface area contributed by atoms with Crippen LogP contribution in [0.4, 0.5) is 4.39 Å². The molecule has 2 aromatic carbocycles. The molecule has 0 radical (unpaired) electrons. The molecule has 3 aromatic rings. The van der Waals surface area contributed by atoms with Gasteiger partial charge < -0.3 is 18.7 Å². The highest BCUT2D eigenvalue weighted by molar-refractivity contribution is 5.71. The number of methoxy groups -OCH3 is 1. The van der Waals surface area contributed by atoms with Gasteiger partial charge in [0, 0.05) is 11.6 Å². The number of benzene rings is 2. The Bertz CT molecular complexity index is 876. The van der Waals surface area contributed by atoms with Crippen LogP contribution in [0.5, 0.6) is 11.5 Å². The normalized spacial score (nSPS) is 10.4. The van der Waals surface area contributed by atoms with Crippen LogP contribution in [0.1, 0.15) is 5.69 Å². The average molecular weight is 357 g/mol. The smallest absolute Gasteiger partial charge is 0.344 e. The van der Waals surface area contributed by atoms with E-state index in [1.165, 1.54) is 19.2 Å². The van der Waals surface area contributed by atoms with Crippen molar-refractivity contribution in [2.45, 2.75) is 6.61 Å². The van der Waals surface area contributed by atoms with Crippen LogP contribution < -0.4 is 9.47 Å². The Morgan fingerprint density at radius 1 is 1.12 bits per heavy atom. The monoisotopic (exact) mass is 357 g/mol. The van der Waals surface area contributed by atoms with Gasteiger partial charge in [-0.25, -0.2) is 9.18 Å². The van der Waals surface area contributed by atoms with Crippen molar-refractivity contribution >= 4 is 5.97 Å². The molecular weight excluding hydrogens is 341 g/mol. The third-order valence-corrected chi connectivity index (χ3v) is 3.48. The Morgan fingerprint density at radius 3 is 2.58 bits per heavy atom. The minimum atomic E-state index is -0.553. The van der Waals surface area contributed by atoms with E-state index >= 15 is 0 Å². The Labute approximate surface area is 149 Å². The van der Waals surface area contributed by atoms with Gasteiger partial charge in [-0.05, 0) is 36.4 Å². The molecule has 0 atom stereocenters. The zero-order valence-corrected chi connectivity index (χ0v) is 14.0. The predicted molar refractivity (Wildman–Crippen MR) is 90.2 cm³/mol. The summed E-state index contributed by atoms with van der Waals surface area (Å²) >= 11 is 0. The second-order valence-corrected chi connectivity index (χ2v) is 5.29.